The summed E-state index contributed by atoms with van der Waals surface area (Å²) in [5.41, 5.74) is 8.62. The summed E-state index contributed by atoms with van der Waals surface area (Å²) in [5, 5.41) is 7.61. The first-order valence-electron chi connectivity index (χ1n) is 5.47. The van der Waals surface area contributed by atoms with Crippen LogP contribution in [0, 0.1) is 6.92 Å². The van der Waals surface area contributed by atoms with Crippen molar-refractivity contribution in [3.8, 4) is 5.69 Å². The van der Waals surface area contributed by atoms with Gasteiger partial charge in [0.25, 0.3) is 0 Å². The number of hydrogen-bond donors (Lipinski definition) is 2. The molecule has 0 atom stereocenters. The van der Waals surface area contributed by atoms with E-state index in [1.807, 2.05) is 42.1 Å². The summed E-state index contributed by atoms with van der Waals surface area (Å²) in [6.45, 7) is 3.41. The van der Waals surface area contributed by atoms with Crippen LogP contribution in [-0.2, 0) is 0 Å². The fourth-order valence-corrected chi connectivity index (χ4v) is 1.90. The summed E-state index contributed by atoms with van der Waals surface area (Å²) in [5.74, 6) is 0. The van der Waals surface area contributed by atoms with E-state index in [1.165, 1.54) is 0 Å². The fourth-order valence-electron chi connectivity index (χ4n) is 1.63. The van der Waals surface area contributed by atoms with Crippen LogP contribution in [0.4, 0.5) is 5.69 Å². The molecule has 2 rings (SSSR count). The minimum Gasteiger partial charge on any atom is -0.381 e. The van der Waals surface area contributed by atoms with Crippen molar-refractivity contribution in [2.75, 3.05) is 18.4 Å². The lowest BCUT2D eigenvalue weighted by molar-refractivity contribution is 0.846. The van der Waals surface area contributed by atoms with Gasteiger partial charge in [-0.05, 0) is 31.2 Å². The average Bonchev–Trinajstić information content (AvgIpc) is 2.69. The van der Waals surface area contributed by atoms with Gasteiger partial charge in [-0.2, -0.15) is 5.10 Å². The number of halogens is 1. The lowest BCUT2D eigenvalue weighted by Gasteiger charge is -2.06. The number of aromatic nitrogens is 2. The molecule has 5 heteroatoms. The van der Waals surface area contributed by atoms with Crippen LogP contribution in [0.2, 0.25) is 0 Å². The van der Waals surface area contributed by atoms with E-state index in [0.717, 1.165) is 28.1 Å². The lowest BCUT2D eigenvalue weighted by Crippen LogP contribution is -2.13. The fraction of sp³-hybridized carbons (Fsp3) is 0.250. The molecule has 0 unspecified atom stereocenters. The van der Waals surface area contributed by atoms with Crippen LogP contribution >= 0.6 is 15.9 Å². The molecule has 3 N–H and O–H groups in total. The molecule has 0 saturated carbocycles. The Kier molecular flexibility index (Phi) is 3.81. The molecular formula is C12H15BrN4. The van der Waals surface area contributed by atoms with Crippen molar-refractivity contribution >= 4 is 21.6 Å². The third-order valence-electron chi connectivity index (χ3n) is 2.54. The van der Waals surface area contributed by atoms with Gasteiger partial charge in [0.15, 0.2) is 0 Å². The van der Waals surface area contributed by atoms with E-state index >= 15 is 0 Å². The van der Waals surface area contributed by atoms with Gasteiger partial charge in [0.2, 0.25) is 0 Å². The maximum atomic E-state index is 5.47. The molecule has 0 saturated heterocycles. The second-order valence-electron chi connectivity index (χ2n) is 3.75. The molecule has 17 heavy (non-hydrogen) atoms. The van der Waals surface area contributed by atoms with Crippen LogP contribution < -0.4 is 11.1 Å². The smallest absolute Gasteiger partial charge is 0.0761 e. The lowest BCUT2D eigenvalue weighted by atomic mass is 10.3. The molecule has 1 aromatic carbocycles. The van der Waals surface area contributed by atoms with E-state index in [9.17, 15) is 0 Å². The molecule has 2 aromatic rings. The zero-order chi connectivity index (χ0) is 12.3. The maximum Gasteiger partial charge on any atom is 0.0761 e. The number of nitrogens with two attached hydrogens (primary N) is 1. The topological polar surface area (TPSA) is 55.9 Å². The molecule has 0 spiro atoms. The summed E-state index contributed by atoms with van der Waals surface area (Å²) in [4.78, 5) is 0. The predicted molar refractivity (Wildman–Crippen MR) is 73.5 cm³/mol. The number of anilines is 1. The highest BCUT2D eigenvalue weighted by atomic mass is 79.9. The standard InChI is InChI=1S/C12H15BrN4/c1-9-12(15-7-6-14)8-16-17(9)11-4-2-10(13)3-5-11/h2-5,8,15H,6-7,14H2,1H3. The third kappa shape index (κ3) is 2.68. The van der Waals surface area contributed by atoms with Gasteiger partial charge in [0.05, 0.1) is 23.3 Å². The van der Waals surface area contributed by atoms with E-state index in [2.05, 4.69) is 26.3 Å². The molecule has 0 aliphatic rings. The molecule has 4 nitrogen and oxygen atoms in total. The highest BCUT2D eigenvalue weighted by molar-refractivity contribution is 9.10. The van der Waals surface area contributed by atoms with Crippen molar-refractivity contribution in [3.05, 3.63) is 40.6 Å². The summed E-state index contributed by atoms with van der Waals surface area (Å²) in [7, 11) is 0. The van der Waals surface area contributed by atoms with Gasteiger partial charge in [-0.15, -0.1) is 0 Å². The monoisotopic (exact) mass is 294 g/mol. The Balaban J connectivity index is 2.27. The van der Waals surface area contributed by atoms with Gasteiger partial charge in [0, 0.05) is 17.6 Å². The molecule has 0 fully saturated rings. The second-order valence-corrected chi connectivity index (χ2v) is 4.66. The molecule has 0 aliphatic carbocycles. The van der Waals surface area contributed by atoms with Gasteiger partial charge >= 0.3 is 0 Å². The van der Waals surface area contributed by atoms with E-state index < -0.39 is 0 Å². The Bertz CT molecular complexity index is 490. The Morgan fingerprint density at radius 3 is 2.71 bits per heavy atom. The molecule has 1 heterocycles. The maximum absolute atomic E-state index is 5.47. The predicted octanol–water partition coefficient (Wildman–Crippen LogP) is 2.31. The van der Waals surface area contributed by atoms with E-state index in [-0.39, 0.29) is 0 Å². The van der Waals surface area contributed by atoms with Gasteiger partial charge < -0.3 is 11.1 Å². The molecule has 0 bridgehead atoms. The molecule has 1 aromatic heterocycles. The molecule has 0 aliphatic heterocycles. The van der Waals surface area contributed by atoms with Crippen LogP contribution in [0.3, 0.4) is 0 Å². The van der Waals surface area contributed by atoms with E-state index in [1.54, 1.807) is 0 Å². The number of hydrogen-bond acceptors (Lipinski definition) is 3. The first kappa shape index (κ1) is 12.1. The SMILES string of the molecule is Cc1c(NCCN)cnn1-c1ccc(Br)cc1. The Labute approximate surface area is 109 Å². The highest BCUT2D eigenvalue weighted by Gasteiger charge is 2.06. The Hall–Kier alpha value is -1.33. The Morgan fingerprint density at radius 1 is 1.35 bits per heavy atom. The summed E-state index contributed by atoms with van der Waals surface area (Å²) in [6.07, 6.45) is 1.83. The minimum atomic E-state index is 0.614. The zero-order valence-corrected chi connectivity index (χ0v) is 11.2. The first-order valence-corrected chi connectivity index (χ1v) is 6.26. The van der Waals surface area contributed by atoms with Crippen LogP contribution in [0.15, 0.2) is 34.9 Å². The third-order valence-corrected chi connectivity index (χ3v) is 3.07. The zero-order valence-electron chi connectivity index (χ0n) is 9.65. The molecular weight excluding hydrogens is 280 g/mol. The second kappa shape index (κ2) is 5.33. The average molecular weight is 295 g/mol. The van der Waals surface area contributed by atoms with Crippen molar-refractivity contribution in [3.63, 3.8) is 0 Å². The first-order chi connectivity index (χ1) is 8.22. The van der Waals surface area contributed by atoms with Crippen LogP contribution in [0.25, 0.3) is 5.69 Å². The van der Waals surface area contributed by atoms with Crippen molar-refractivity contribution in [2.24, 2.45) is 5.73 Å². The molecule has 0 amide bonds. The van der Waals surface area contributed by atoms with Crippen molar-refractivity contribution < 1.29 is 0 Å². The van der Waals surface area contributed by atoms with Gasteiger partial charge in [-0.1, -0.05) is 15.9 Å². The number of nitrogens with zero attached hydrogens (tertiary/aromatic N) is 2. The molecule has 0 radical (unpaired) electrons. The largest absolute Gasteiger partial charge is 0.381 e. The van der Waals surface area contributed by atoms with Crippen LogP contribution in [-0.4, -0.2) is 22.9 Å². The molecule has 90 valence electrons. The van der Waals surface area contributed by atoms with Crippen molar-refractivity contribution in [1.82, 2.24) is 9.78 Å². The minimum absolute atomic E-state index is 0.614. The summed E-state index contributed by atoms with van der Waals surface area (Å²) < 4.78 is 2.97. The van der Waals surface area contributed by atoms with E-state index in [4.69, 9.17) is 5.73 Å². The van der Waals surface area contributed by atoms with Crippen molar-refractivity contribution in [2.45, 2.75) is 6.92 Å². The quantitative estimate of drug-likeness (QED) is 0.910. The van der Waals surface area contributed by atoms with Crippen LogP contribution in [0.1, 0.15) is 5.69 Å². The number of benzene rings is 1. The van der Waals surface area contributed by atoms with Crippen LogP contribution in [0.5, 0.6) is 0 Å². The summed E-state index contributed by atoms with van der Waals surface area (Å²) in [6, 6.07) is 8.06. The van der Waals surface area contributed by atoms with Gasteiger partial charge in [-0.3, -0.25) is 0 Å². The summed E-state index contributed by atoms with van der Waals surface area (Å²) >= 11 is 3.42. The van der Waals surface area contributed by atoms with E-state index in [0.29, 0.717) is 6.54 Å². The number of rotatable bonds is 4. The number of nitrogens with one attached hydrogen (secondary N) is 1. The van der Waals surface area contributed by atoms with Crippen molar-refractivity contribution in [1.29, 1.82) is 0 Å². The normalized spacial score (nSPS) is 10.5. The Morgan fingerprint density at radius 2 is 2.06 bits per heavy atom. The van der Waals surface area contributed by atoms with Gasteiger partial charge in [-0.25, -0.2) is 4.68 Å². The highest BCUT2D eigenvalue weighted by Crippen LogP contribution is 2.19. The van der Waals surface area contributed by atoms with Gasteiger partial charge in [0.1, 0.15) is 0 Å².